The molecule has 3 aliphatic heterocycles. The summed E-state index contributed by atoms with van der Waals surface area (Å²) in [6.45, 7) is 3.85. The molecule has 0 radical (unpaired) electrons. The molecular formula is C18H22N2O2. The first kappa shape index (κ1) is 13.1. The first-order chi connectivity index (χ1) is 10.9. The topological polar surface area (TPSA) is 37.5 Å². The molecule has 1 N–H and O–H groups in total. The van der Waals surface area contributed by atoms with Crippen LogP contribution in [0.4, 0.5) is 0 Å². The van der Waals surface area contributed by atoms with Crippen LogP contribution in [0.2, 0.25) is 0 Å². The van der Waals surface area contributed by atoms with Crippen molar-refractivity contribution in [3.63, 3.8) is 0 Å². The zero-order valence-electron chi connectivity index (χ0n) is 12.8. The van der Waals surface area contributed by atoms with Crippen molar-refractivity contribution in [2.45, 2.75) is 31.6 Å². The van der Waals surface area contributed by atoms with E-state index in [-0.39, 0.29) is 6.29 Å². The van der Waals surface area contributed by atoms with Gasteiger partial charge in [0.25, 0.3) is 0 Å². The van der Waals surface area contributed by atoms with Crippen molar-refractivity contribution in [2.24, 2.45) is 5.92 Å². The van der Waals surface area contributed by atoms with Gasteiger partial charge in [0.15, 0.2) is 6.29 Å². The molecule has 0 unspecified atom stereocenters. The Morgan fingerprint density at radius 3 is 2.86 bits per heavy atom. The molecule has 0 saturated carbocycles. The number of hydrogen-bond donors (Lipinski definition) is 1. The van der Waals surface area contributed by atoms with Crippen LogP contribution in [0.5, 0.6) is 0 Å². The van der Waals surface area contributed by atoms with Gasteiger partial charge in [0.1, 0.15) is 0 Å². The molecule has 4 heterocycles. The highest BCUT2D eigenvalue weighted by molar-refractivity contribution is 5.85. The summed E-state index contributed by atoms with van der Waals surface area (Å²) in [6.07, 6.45) is 3.52. The summed E-state index contributed by atoms with van der Waals surface area (Å²) in [7, 11) is 0. The molecule has 2 atom stereocenters. The fraction of sp³-hybridized carbons (Fsp3) is 0.556. The van der Waals surface area contributed by atoms with Crippen molar-refractivity contribution >= 4 is 10.9 Å². The fourth-order valence-corrected chi connectivity index (χ4v) is 4.54. The lowest BCUT2D eigenvalue weighted by Gasteiger charge is -2.43. The Morgan fingerprint density at radius 1 is 1.09 bits per heavy atom. The Bertz CT molecular complexity index is 689. The smallest absolute Gasteiger partial charge is 0.160 e. The number of aromatic amines is 1. The third-order valence-electron chi connectivity index (χ3n) is 5.62. The number of H-pyrrole nitrogens is 1. The third kappa shape index (κ3) is 1.94. The Morgan fingerprint density at radius 2 is 1.95 bits per heavy atom. The van der Waals surface area contributed by atoms with Gasteiger partial charge in [0.05, 0.1) is 19.3 Å². The van der Waals surface area contributed by atoms with E-state index in [1.165, 1.54) is 35.1 Å². The highest BCUT2D eigenvalue weighted by atomic mass is 16.7. The Labute approximate surface area is 130 Å². The van der Waals surface area contributed by atoms with Gasteiger partial charge in [-0.25, -0.2) is 0 Å². The molecule has 22 heavy (non-hydrogen) atoms. The van der Waals surface area contributed by atoms with Crippen LogP contribution in [0, 0.1) is 5.92 Å². The molecule has 116 valence electrons. The van der Waals surface area contributed by atoms with Gasteiger partial charge < -0.3 is 14.5 Å². The van der Waals surface area contributed by atoms with Crippen molar-refractivity contribution < 1.29 is 9.47 Å². The van der Waals surface area contributed by atoms with E-state index in [1.807, 2.05) is 0 Å². The van der Waals surface area contributed by atoms with E-state index in [2.05, 4.69) is 34.1 Å². The van der Waals surface area contributed by atoms with Crippen molar-refractivity contribution in [2.75, 3.05) is 26.3 Å². The minimum Gasteiger partial charge on any atom is -0.357 e. The van der Waals surface area contributed by atoms with E-state index in [4.69, 9.17) is 9.47 Å². The molecule has 0 amide bonds. The van der Waals surface area contributed by atoms with E-state index in [1.54, 1.807) is 0 Å². The lowest BCUT2D eigenvalue weighted by Crippen LogP contribution is -2.43. The standard InChI is InChI=1S/C18H22N2O2/c1-2-4-15-13(3-1)14-6-8-20-7-5-12(18-21-9-10-22-18)11-16(20)17(14)19-15/h1-4,12,16,18-19H,5-11H2/t12-,16-/m0/s1. The zero-order chi connectivity index (χ0) is 14.5. The maximum absolute atomic E-state index is 5.77. The average Bonchev–Trinajstić information content (AvgIpc) is 3.22. The lowest BCUT2D eigenvalue weighted by atomic mass is 9.84. The van der Waals surface area contributed by atoms with Crippen molar-refractivity contribution in [3.8, 4) is 0 Å². The molecule has 0 spiro atoms. The number of nitrogens with zero attached hydrogens (tertiary/aromatic N) is 1. The normalized spacial score (nSPS) is 29.6. The number of nitrogens with one attached hydrogen (secondary N) is 1. The highest BCUT2D eigenvalue weighted by Gasteiger charge is 2.39. The SMILES string of the molecule is c1ccc2c3c([nH]c2c1)[C@@H]1C[C@@H](C2OCCO2)CCN1CC3. The van der Waals surface area contributed by atoms with E-state index in [0.29, 0.717) is 12.0 Å². The predicted octanol–water partition coefficient (Wildman–Crippen LogP) is 2.85. The van der Waals surface area contributed by atoms with Gasteiger partial charge in [-0.2, -0.15) is 0 Å². The zero-order valence-corrected chi connectivity index (χ0v) is 12.8. The van der Waals surface area contributed by atoms with Gasteiger partial charge in [-0.15, -0.1) is 0 Å². The van der Waals surface area contributed by atoms with E-state index >= 15 is 0 Å². The molecule has 4 heteroatoms. The lowest BCUT2D eigenvalue weighted by molar-refractivity contribution is -0.106. The quantitative estimate of drug-likeness (QED) is 0.879. The fourth-order valence-electron chi connectivity index (χ4n) is 4.54. The number of ether oxygens (including phenoxy) is 2. The summed E-state index contributed by atoms with van der Waals surface area (Å²) in [5, 5.41) is 1.41. The Hall–Kier alpha value is -1.36. The summed E-state index contributed by atoms with van der Waals surface area (Å²) in [5.74, 6) is 0.529. The molecule has 2 aromatic rings. The maximum Gasteiger partial charge on any atom is 0.160 e. The number of aromatic nitrogens is 1. The van der Waals surface area contributed by atoms with Crippen LogP contribution in [0.15, 0.2) is 24.3 Å². The van der Waals surface area contributed by atoms with Gasteiger partial charge in [0.2, 0.25) is 0 Å². The van der Waals surface area contributed by atoms with Crippen molar-refractivity contribution in [1.82, 2.24) is 9.88 Å². The molecule has 5 rings (SSSR count). The predicted molar refractivity (Wildman–Crippen MR) is 84.7 cm³/mol. The second kappa shape index (κ2) is 5.08. The monoisotopic (exact) mass is 298 g/mol. The van der Waals surface area contributed by atoms with Gasteiger partial charge >= 0.3 is 0 Å². The number of hydrogen-bond acceptors (Lipinski definition) is 3. The minimum absolute atomic E-state index is 0.0249. The van der Waals surface area contributed by atoms with Crippen LogP contribution in [0.3, 0.4) is 0 Å². The second-order valence-corrected chi connectivity index (χ2v) is 6.76. The molecule has 0 aliphatic carbocycles. The van der Waals surface area contributed by atoms with Crippen LogP contribution in [-0.4, -0.2) is 42.5 Å². The van der Waals surface area contributed by atoms with Crippen LogP contribution >= 0.6 is 0 Å². The van der Waals surface area contributed by atoms with Gasteiger partial charge in [0, 0.05) is 29.1 Å². The van der Waals surface area contributed by atoms with Gasteiger partial charge in [-0.05, 0) is 37.4 Å². The summed E-state index contributed by atoms with van der Waals surface area (Å²) >= 11 is 0. The van der Waals surface area contributed by atoms with E-state index in [0.717, 1.165) is 32.6 Å². The Kier molecular flexibility index (Phi) is 3.03. The second-order valence-electron chi connectivity index (χ2n) is 6.76. The molecule has 2 fully saturated rings. The van der Waals surface area contributed by atoms with Gasteiger partial charge in [-0.1, -0.05) is 18.2 Å². The molecule has 1 aromatic heterocycles. The molecule has 3 aliphatic rings. The number of para-hydroxylation sites is 1. The minimum atomic E-state index is 0.0249. The summed E-state index contributed by atoms with van der Waals surface area (Å²) in [6, 6.07) is 9.21. The number of rotatable bonds is 1. The first-order valence-electron chi connectivity index (χ1n) is 8.47. The number of fused-ring (bicyclic) bond motifs is 5. The first-order valence-corrected chi connectivity index (χ1v) is 8.47. The number of piperidine rings is 1. The van der Waals surface area contributed by atoms with Crippen LogP contribution < -0.4 is 0 Å². The summed E-state index contributed by atoms with van der Waals surface area (Å²) in [4.78, 5) is 6.35. The highest BCUT2D eigenvalue weighted by Crippen LogP contribution is 2.42. The Balaban J connectivity index is 1.50. The van der Waals surface area contributed by atoms with Gasteiger partial charge in [-0.3, -0.25) is 4.90 Å². The third-order valence-corrected chi connectivity index (χ3v) is 5.62. The molecular weight excluding hydrogens is 276 g/mol. The van der Waals surface area contributed by atoms with Crippen LogP contribution in [0.1, 0.15) is 30.1 Å². The molecule has 4 nitrogen and oxygen atoms in total. The molecule has 2 saturated heterocycles. The largest absolute Gasteiger partial charge is 0.357 e. The summed E-state index contributed by atoms with van der Waals surface area (Å²) < 4.78 is 11.5. The van der Waals surface area contributed by atoms with Crippen LogP contribution in [0.25, 0.3) is 10.9 Å². The summed E-state index contributed by atoms with van der Waals surface area (Å²) in [5.41, 5.74) is 4.26. The van der Waals surface area contributed by atoms with Crippen molar-refractivity contribution in [1.29, 1.82) is 0 Å². The van der Waals surface area contributed by atoms with E-state index in [9.17, 15) is 0 Å². The number of benzene rings is 1. The molecule has 1 aromatic carbocycles. The van der Waals surface area contributed by atoms with Crippen LogP contribution in [-0.2, 0) is 15.9 Å². The molecule has 0 bridgehead atoms. The van der Waals surface area contributed by atoms with Crippen molar-refractivity contribution in [3.05, 3.63) is 35.5 Å². The maximum atomic E-state index is 5.77. The average molecular weight is 298 g/mol. The van der Waals surface area contributed by atoms with E-state index < -0.39 is 0 Å².